The number of aromatic carboxylic acids is 1. The second-order valence-corrected chi connectivity index (χ2v) is 4.72. The molecule has 98 valence electrons. The summed E-state index contributed by atoms with van der Waals surface area (Å²) >= 11 is 0. The first-order chi connectivity index (χ1) is 8.63. The number of nitrogens with zero attached hydrogens (tertiary/aromatic N) is 2. The summed E-state index contributed by atoms with van der Waals surface area (Å²) in [6.07, 6.45) is 5.95. The van der Waals surface area contributed by atoms with E-state index in [9.17, 15) is 4.79 Å². The van der Waals surface area contributed by atoms with Crippen LogP contribution in [0.4, 0.5) is 11.5 Å². The smallest absolute Gasteiger partial charge is 0.337 e. The molecule has 0 aromatic carbocycles. The van der Waals surface area contributed by atoms with Crippen LogP contribution in [0.3, 0.4) is 0 Å². The second kappa shape index (κ2) is 5.25. The lowest BCUT2D eigenvalue weighted by Gasteiger charge is -2.24. The van der Waals surface area contributed by atoms with Crippen molar-refractivity contribution in [3.8, 4) is 0 Å². The Balaban J connectivity index is 2.21. The lowest BCUT2D eigenvalue weighted by molar-refractivity contribution is 0.0696. The summed E-state index contributed by atoms with van der Waals surface area (Å²) < 4.78 is 0. The molecular weight excluding hydrogens is 230 g/mol. The van der Waals surface area contributed by atoms with Gasteiger partial charge in [0.25, 0.3) is 0 Å². The van der Waals surface area contributed by atoms with E-state index in [1.54, 1.807) is 0 Å². The predicted molar refractivity (Wildman–Crippen MR) is 70.9 cm³/mol. The van der Waals surface area contributed by atoms with Crippen molar-refractivity contribution >= 4 is 17.5 Å². The number of pyridine rings is 1. The summed E-state index contributed by atoms with van der Waals surface area (Å²) in [5, 5.41) is 8.89. The third kappa shape index (κ3) is 2.72. The van der Waals surface area contributed by atoms with Crippen molar-refractivity contribution in [2.75, 3.05) is 17.2 Å². The highest BCUT2D eigenvalue weighted by molar-refractivity contribution is 5.89. The number of unbranched alkanes of at least 4 members (excludes halogenated alkanes) is 1. The molecule has 5 heteroatoms. The summed E-state index contributed by atoms with van der Waals surface area (Å²) in [5.41, 5.74) is 6.53. The third-order valence-corrected chi connectivity index (χ3v) is 3.15. The number of carbonyl (C=O) groups is 1. The highest BCUT2D eigenvalue weighted by atomic mass is 16.4. The van der Waals surface area contributed by atoms with Gasteiger partial charge in [-0.05, 0) is 25.3 Å². The van der Waals surface area contributed by atoms with Gasteiger partial charge in [0.1, 0.15) is 0 Å². The van der Waals surface area contributed by atoms with Gasteiger partial charge in [0.15, 0.2) is 5.82 Å². The van der Waals surface area contributed by atoms with Crippen molar-refractivity contribution in [2.45, 2.75) is 38.6 Å². The molecule has 1 aliphatic rings. The van der Waals surface area contributed by atoms with E-state index < -0.39 is 5.97 Å². The van der Waals surface area contributed by atoms with Crippen molar-refractivity contribution in [3.05, 3.63) is 17.8 Å². The number of anilines is 2. The van der Waals surface area contributed by atoms with E-state index in [1.807, 2.05) is 0 Å². The number of nitrogen functional groups attached to an aromatic ring is 1. The Morgan fingerprint density at radius 1 is 1.61 bits per heavy atom. The van der Waals surface area contributed by atoms with Crippen LogP contribution in [0.2, 0.25) is 0 Å². The zero-order valence-corrected chi connectivity index (χ0v) is 10.6. The van der Waals surface area contributed by atoms with Crippen LogP contribution in [-0.2, 0) is 0 Å². The standard InChI is InChI=1S/C13H19N3O2/c1-2-3-6-16(10-4-5-10)12-11(14)7-9(8-15-12)13(17)18/h7-8,10H,2-6,14H2,1H3,(H,17,18). The first kappa shape index (κ1) is 12.7. The molecule has 0 aliphatic heterocycles. The molecule has 0 amide bonds. The summed E-state index contributed by atoms with van der Waals surface area (Å²) in [5.74, 6) is -0.261. The van der Waals surface area contributed by atoms with Gasteiger partial charge in [0.2, 0.25) is 0 Å². The number of carboxylic acid groups (broad SMARTS) is 1. The molecule has 18 heavy (non-hydrogen) atoms. The van der Waals surface area contributed by atoms with Crippen LogP contribution in [0.1, 0.15) is 43.0 Å². The maximum Gasteiger partial charge on any atom is 0.337 e. The summed E-state index contributed by atoms with van der Waals surface area (Å²) in [4.78, 5) is 17.3. The number of carboxylic acids is 1. The van der Waals surface area contributed by atoms with E-state index in [-0.39, 0.29) is 5.56 Å². The highest BCUT2D eigenvalue weighted by Gasteiger charge is 2.30. The molecule has 1 heterocycles. The van der Waals surface area contributed by atoms with Crippen LogP contribution in [0.5, 0.6) is 0 Å². The van der Waals surface area contributed by atoms with Crippen molar-refractivity contribution in [1.29, 1.82) is 0 Å². The van der Waals surface area contributed by atoms with Gasteiger partial charge >= 0.3 is 5.97 Å². The van der Waals surface area contributed by atoms with Crippen molar-refractivity contribution in [3.63, 3.8) is 0 Å². The Morgan fingerprint density at radius 3 is 2.83 bits per heavy atom. The lowest BCUT2D eigenvalue weighted by atomic mass is 10.2. The van der Waals surface area contributed by atoms with Crippen LogP contribution in [0, 0.1) is 0 Å². The minimum absolute atomic E-state index is 0.141. The summed E-state index contributed by atoms with van der Waals surface area (Å²) in [7, 11) is 0. The highest BCUT2D eigenvalue weighted by Crippen LogP contribution is 2.33. The fraction of sp³-hybridized carbons (Fsp3) is 0.538. The van der Waals surface area contributed by atoms with Gasteiger partial charge in [0.05, 0.1) is 11.3 Å². The Hall–Kier alpha value is -1.78. The van der Waals surface area contributed by atoms with Gasteiger partial charge in [-0.2, -0.15) is 0 Å². The monoisotopic (exact) mass is 249 g/mol. The molecule has 1 fully saturated rings. The van der Waals surface area contributed by atoms with Crippen molar-refractivity contribution < 1.29 is 9.90 Å². The third-order valence-electron chi connectivity index (χ3n) is 3.15. The van der Waals surface area contributed by atoms with E-state index in [1.165, 1.54) is 25.1 Å². The van der Waals surface area contributed by atoms with E-state index in [4.69, 9.17) is 10.8 Å². The predicted octanol–water partition coefficient (Wildman–Crippen LogP) is 2.13. The van der Waals surface area contributed by atoms with Gasteiger partial charge in [-0.25, -0.2) is 9.78 Å². The number of hydrogen-bond acceptors (Lipinski definition) is 4. The van der Waals surface area contributed by atoms with Gasteiger partial charge in [0, 0.05) is 18.8 Å². The fourth-order valence-corrected chi connectivity index (χ4v) is 2.01. The molecule has 0 radical (unpaired) electrons. The normalized spacial score (nSPS) is 14.5. The van der Waals surface area contributed by atoms with E-state index in [0.717, 1.165) is 25.2 Å². The number of hydrogen-bond donors (Lipinski definition) is 2. The maximum atomic E-state index is 10.8. The van der Waals surface area contributed by atoms with Crippen LogP contribution in [0.15, 0.2) is 12.3 Å². The van der Waals surface area contributed by atoms with Crippen LogP contribution < -0.4 is 10.6 Å². The quantitative estimate of drug-likeness (QED) is 0.807. The average Bonchev–Trinajstić information content (AvgIpc) is 3.15. The number of rotatable bonds is 6. The molecule has 0 saturated heterocycles. The Labute approximate surface area is 107 Å². The molecule has 5 nitrogen and oxygen atoms in total. The molecule has 1 aromatic heterocycles. The molecule has 1 aliphatic carbocycles. The fourth-order valence-electron chi connectivity index (χ4n) is 2.01. The molecule has 1 aromatic rings. The second-order valence-electron chi connectivity index (χ2n) is 4.72. The Morgan fingerprint density at radius 2 is 2.33 bits per heavy atom. The molecule has 0 atom stereocenters. The van der Waals surface area contributed by atoms with Crippen molar-refractivity contribution in [2.24, 2.45) is 0 Å². The van der Waals surface area contributed by atoms with Crippen molar-refractivity contribution in [1.82, 2.24) is 4.98 Å². The molecule has 0 spiro atoms. The van der Waals surface area contributed by atoms with E-state index >= 15 is 0 Å². The minimum Gasteiger partial charge on any atom is -0.478 e. The van der Waals surface area contributed by atoms with Gasteiger partial charge in [-0.1, -0.05) is 13.3 Å². The lowest BCUT2D eigenvalue weighted by Crippen LogP contribution is -2.28. The van der Waals surface area contributed by atoms with Gasteiger partial charge in [-0.15, -0.1) is 0 Å². The average molecular weight is 249 g/mol. The first-order valence-corrected chi connectivity index (χ1v) is 6.39. The number of aromatic nitrogens is 1. The summed E-state index contributed by atoms with van der Waals surface area (Å²) in [6, 6.07) is 2.02. The van der Waals surface area contributed by atoms with Crippen LogP contribution in [-0.4, -0.2) is 28.6 Å². The Bertz CT molecular complexity index is 444. The van der Waals surface area contributed by atoms with Gasteiger partial charge in [-0.3, -0.25) is 0 Å². The molecule has 1 saturated carbocycles. The SMILES string of the molecule is CCCCN(c1ncc(C(=O)O)cc1N)C1CC1. The van der Waals surface area contributed by atoms with Crippen LogP contribution >= 0.6 is 0 Å². The summed E-state index contributed by atoms with van der Waals surface area (Å²) in [6.45, 7) is 3.08. The topological polar surface area (TPSA) is 79.5 Å². The largest absolute Gasteiger partial charge is 0.478 e. The minimum atomic E-state index is -0.993. The zero-order valence-electron chi connectivity index (χ0n) is 10.6. The zero-order chi connectivity index (χ0) is 13.1. The maximum absolute atomic E-state index is 10.8. The molecular formula is C13H19N3O2. The molecule has 0 bridgehead atoms. The van der Waals surface area contributed by atoms with Gasteiger partial charge < -0.3 is 15.7 Å². The van der Waals surface area contributed by atoms with Crippen LogP contribution in [0.25, 0.3) is 0 Å². The Kier molecular flexibility index (Phi) is 3.69. The van der Waals surface area contributed by atoms with E-state index in [0.29, 0.717) is 11.7 Å². The van der Waals surface area contributed by atoms with E-state index in [2.05, 4.69) is 16.8 Å². The molecule has 3 N–H and O–H groups in total. The first-order valence-electron chi connectivity index (χ1n) is 6.39. The number of nitrogens with two attached hydrogens (primary N) is 1. The molecule has 2 rings (SSSR count). The molecule has 0 unspecified atom stereocenters.